The van der Waals surface area contributed by atoms with Crippen molar-refractivity contribution in [3.05, 3.63) is 46.2 Å². The summed E-state index contributed by atoms with van der Waals surface area (Å²) in [4.78, 5) is 17.9. The molecule has 0 amide bonds. The van der Waals surface area contributed by atoms with E-state index in [1.54, 1.807) is 6.92 Å². The van der Waals surface area contributed by atoms with Gasteiger partial charge in [0.1, 0.15) is 5.76 Å². The zero-order chi connectivity index (χ0) is 13.8. The van der Waals surface area contributed by atoms with Gasteiger partial charge in [0.25, 0.3) is 5.56 Å². The summed E-state index contributed by atoms with van der Waals surface area (Å²) in [6.07, 6.45) is 0. The van der Waals surface area contributed by atoms with E-state index >= 15 is 0 Å². The highest BCUT2D eigenvalue weighted by atomic mass is 16.4. The lowest BCUT2D eigenvalue weighted by Gasteiger charge is -2.18. The molecular weight excluding hydrogens is 240 g/mol. The molecule has 0 N–H and O–H groups in total. The van der Waals surface area contributed by atoms with Crippen molar-refractivity contribution in [2.75, 3.05) is 18.0 Å². The van der Waals surface area contributed by atoms with Gasteiger partial charge in [0, 0.05) is 18.7 Å². The quantitative estimate of drug-likeness (QED) is 0.846. The van der Waals surface area contributed by atoms with Crippen LogP contribution in [0.25, 0.3) is 11.3 Å². The van der Waals surface area contributed by atoms with Crippen molar-refractivity contribution < 1.29 is 4.42 Å². The summed E-state index contributed by atoms with van der Waals surface area (Å²) in [5.41, 5.74) is 1.21. The first-order valence-corrected chi connectivity index (χ1v) is 6.49. The van der Waals surface area contributed by atoms with Gasteiger partial charge in [0.2, 0.25) is 0 Å². The second kappa shape index (κ2) is 5.69. The van der Waals surface area contributed by atoms with Crippen molar-refractivity contribution in [2.45, 2.75) is 20.8 Å². The number of aromatic nitrogens is 1. The molecule has 0 aliphatic rings. The smallest absolute Gasteiger partial charge is 0.301 e. The first kappa shape index (κ1) is 13.3. The summed E-state index contributed by atoms with van der Waals surface area (Å²) >= 11 is 0. The second-order valence-electron chi connectivity index (χ2n) is 4.29. The van der Waals surface area contributed by atoms with Crippen LogP contribution in [-0.4, -0.2) is 18.1 Å². The Morgan fingerprint density at radius 3 is 2.37 bits per heavy atom. The first-order valence-electron chi connectivity index (χ1n) is 6.49. The van der Waals surface area contributed by atoms with Crippen molar-refractivity contribution >= 4 is 6.01 Å². The largest absolute Gasteiger partial charge is 0.425 e. The highest BCUT2D eigenvalue weighted by Gasteiger charge is 2.14. The summed E-state index contributed by atoms with van der Waals surface area (Å²) in [5, 5.41) is 0. The maximum Gasteiger partial charge on any atom is 0.301 e. The van der Waals surface area contributed by atoms with Crippen LogP contribution < -0.4 is 10.5 Å². The molecule has 0 saturated heterocycles. The van der Waals surface area contributed by atoms with Gasteiger partial charge in [0.15, 0.2) is 0 Å². The molecule has 1 heterocycles. The van der Waals surface area contributed by atoms with Crippen molar-refractivity contribution in [3.8, 4) is 11.3 Å². The molecule has 0 radical (unpaired) electrons. The van der Waals surface area contributed by atoms with E-state index in [-0.39, 0.29) is 5.56 Å². The summed E-state index contributed by atoms with van der Waals surface area (Å²) in [5.74, 6) is 0.600. The van der Waals surface area contributed by atoms with E-state index in [0.29, 0.717) is 17.3 Å². The number of nitrogens with zero attached hydrogens (tertiary/aromatic N) is 2. The van der Waals surface area contributed by atoms with Crippen LogP contribution in [0.1, 0.15) is 19.4 Å². The lowest BCUT2D eigenvalue weighted by Crippen LogP contribution is -2.26. The van der Waals surface area contributed by atoms with Gasteiger partial charge in [-0.25, -0.2) is 0 Å². The summed E-state index contributed by atoms with van der Waals surface area (Å²) in [6.45, 7) is 7.26. The Bertz CT molecular complexity index is 601. The minimum Gasteiger partial charge on any atom is -0.425 e. The minimum absolute atomic E-state index is 0.230. The molecule has 0 aliphatic heterocycles. The van der Waals surface area contributed by atoms with Crippen molar-refractivity contribution in [1.82, 2.24) is 4.98 Å². The van der Waals surface area contributed by atoms with E-state index in [2.05, 4.69) is 4.98 Å². The zero-order valence-electron chi connectivity index (χ0n) is 11.5. The summed E-state index contributed by atoms with van der Waals surface area (Å²) in [7, 11) is 0. The summed E-state index contributed by atoms with van der Waals surface area (Å²) < 4.78 is 5.83. The molecule has 2 rings (SSSR count). The van der Waals surface area contributed by atoms with Crippen molar-refractivity contribution in [2.24, 2.45) is 0 Å². The maximum atomic E-state index is 12.0. The molecule has 0 atom stereocenters. The molecule has 19 heavy (non-hydrogen) atoms. The van der Waals surface area contributed by atoms with Gasteiger partial charge in [-0.05, 0) is 20.8 Å². The maximum absolute atomic E-state index is 12.0. The Kier molecular flexibility index (Phi) is 4.00. The zero-order valence-corrected chi connectivity index (χ0v) is 11.5. The first-order chi connectivity index (χ1) is 9.17. The Morgan fingerprint density at radius 2 is 1.79 bits per heavy atom. The summed E-state index contributed by atoms with van der Waals surface area (Å²) in [6, 6.07) is 10.0. The van der Waals surface area contributed by atoms with Crippen molar-refractivity contribution in [1.29, 1.82) is 0 Å². The van der Waals surface area contributed by atoms with Gasteiger partial charge >= 0.3 is 6.01 Å². The molecule has 0 aliphatic carbocycles. The Balaban J connectivity index is 2.58. The fraction of sp³-hybridized carbons (Fsp3) is 0.333. The van der Waals surface area contributed by atoms with E-state index in [9.17, 15) is 4.79 Å². The van der Waals surface area contributed by atoms with Gasteiger partial charge < -0.3 is 9.32 Å². The van der Waals surface area contributed by atoms with Gasteiger partial charge in [-0.3, -0.25) is 4.79 Å². The Labute approximate surface area is 112 Å². The molecule has 2 aromatic rings. The lowest BCUT2D eigenvalue weighted by atomic mass is 10.1. The number of rotatable bonds is 4. The van der Waals surface area contributed by atoms with Crippen LogP contribution >= 0.6 is 0 Å². The van der Waals surface area contributed by atoms with Crippen LogP contribution in [0.2, 0.25) is 0 Å². The van der Waals surface area contributed by atoms with E-state index in [4.69, 9.17) is 4.42 Å². The van der Waals surface area contributed by atoms with Crippen molar-refractivity contribution in [3.63, 3.8) is 0 Å². The van der Waals surface area contributed by atoms with E-state index in [1.807, 2.05) is 49.1 Å². The molecule has 0 unspecified atom stereocenters. The van der Waals surface area contributed by atoms with Gasteiger partial charge in [-0.1, -0.05) is 30.3 Å². The van der Waals surface area contributed by atoms with Gasteiger partial charge in [0.05, 0.1) is 5.56 Å². The van der Waals surface area contributed by atoms with E-state index in [1.165, 1.54) is 0 Å². The van der Waals surface area contributed by atoms with Crippen LogP contribution in [0.4, 0.5) is 6.01 Å². The average molecular weight is 258 g/mol. The second-order valence-corrected chi connectivity index (χ2v) is 4.29. The van der Waals surface area contributed by atoms with Crippen LogP contribution in [0.5, 0.6) is 0 Å². The molecule has 0 bridgehead atoms. The normalized spacial score (nSPS) is 10.5. The number of hydrogen-bond acceptors (Lipinski definition) is 4. The minimum atomic E-state index is -0.230. The van der Waals surface area contributed by atoms with Gasteiger partial charge in [-0.15, -0.1) is 0 Å². The molecule has 4 nitrogen and oxygen atoms in total. The lowest BCUT2D eigenvalue weighted by molar-refractivity contribution is 0.519. The number of benzene rings is 1. The molecule has 100 valence electrons. The van der Waals surface area contributed by atoms with Crippen LogP contribution in [-0.2, 0) is 0 Å². The standard InChI is InChI=1S/C15H18N2O2/c1-4-17(5-2)15-16-14(18)11(3)13(19-15)12-9-7-6-8-10-12/h6-10H,4-5H2,1-3H3. The highest BCUT2D eigenvalue weighted by Crippen LogP contribution is 2.24. The van der Waals surface area contributed by atoms with Crippen LogP contribution in [0.3, 0.4) is 0 Å². The van der Waals surface area contributed by atoms with E-state index < -0.39 is 0 Å². The molecular formula is C15H18N2O2. The fourth-order valence-corrected chi connectivity index (χ4v) is 1.95. The monoisotopic (exact) mass is 258 g/mol. The van der Waals surface area contributed by atoms with Gasteiger partial charge in [-0.2, -0.15) is 4.98 Å². The molecule has 0 fully saturated rings. The average Bonchev–Trinajstić information content (AvgIpc) is 2.44. The van der Waals surface area contributed by atoms with E-state index in [0.717, 1.165) is 18.7 Å². The topological polar surface area (TPSA) is 46.3 Å². The molecule has 0 saturated carbocycles. The third-order valence-corrected chi connectivity index (χ3v) is 3.12. The molecule has 4 heteroatoms. The predicted octanol–water partition coefficient (Wildman–Crippen LogP) is 2.86. The third-order valence-electron chi connectivity index (χ3n) is 3.12. The number of hydrogen-bond donors (Lipinski definition) is 0. The molecule has 1 aromatic carbocycles. The number of anilines is 1. The third kappa shape index (κ3) is 2.67. The SMILES string of the molecule is CCN(CC)c1nc(=O)c(C)c(-c2ccccc2)o1. The Hall–Kier alpha value is -2.10. The molecule has 1 aromatic heterocycles. The molecule has 0 spiro atoms. The highest BCUT2D eigenvalue weighted by molar-refractivity contribution is 5.60. The predicted molar refractivity (Wildman–Crippen MR) is 76.5 cm³/mol. The van der Waals surface area contributed by atoms with Crippen LogP contribution in [0.15, 0.2) is 39.5 Å². The Morgan fingerprint density at radius 1 is 1.16 bits per heavy atom. The van der Waals surface area contributed by atoms with Crippen LogP contribution in [0, 0.1) is 6.92 Å². The fourth-order valence-electron chi connectivity index (χ4n) is 1.95.